The molecule has 2 aromatic carbocycles. The third kappa shape index (κ3) is 2.65. The fourth-order valence-electron chi connectivity index (χ4n) is 2.08. The fourth-order valence-corrected chi connectivity index (χ4v) is 2.90. The van der Waals surface area contributed by atoms with Gasteiger partial charge in [0.15, 0.2) is 9.76 Å². The average molecular weight is 242 g/mol. The summed E-state index contributed by atoms with van der Waals surface area (Å²) in [7, 11) is -1.12. The zero-order valence-electron chi connectivity index (χ0n) is 10.2. The van der Waals surface area contributed by atoms with Crippen molar-refractivity contribution in [3.8, 4) is 0 Å². The molecular weight excluding hydrogens is 224 g/mol. The Bertz CT molecular complexity index is 526. The van der Waals surface area contributed by atoms with Crippen LogP contribution in [-0.4, -0.2) is 14.6 Å². The lowest BCUT2D eigenvalue weighted by Crippen LogP contribution is -1.96. The van der Waals surface area contributed by atoms with Gasteiger partial charge in [-0.2, -0.15) is 0 Å². The maximum absolute atomic E-state index is 9.64. The van der Waals surface area contributed by atoms with Gasteiger partial charge >= 0.3 is 0 Å². The van der Waals surface area contributed by atoms with Crippen LogP contribution in [0.1, 0.15) is 25.3 Å². The van der Waals surface area contributed by atoms with Gasteiger partial charge in [-0.15, -0.1) is 0 Å². The average Bonchev–Trinajstić information content (AvgIpc) is 2.40. The smallest absolute Gasteiger partial charge is 0.188 e. The van der Waals surface area contributed by atoms with E-state index in [1.807, 2.05) is 0 Å². The predicted molar refractivity (Wildman–Crippen MR) is 77.6 cm³/mol. The highest BCUT2D eigenvalue weighted by atomic mass is 28.2. The minimum absolute atomic E-state index is 1.05. The Hall–Kier alpha value is -1.38. The summed E-state index contributed by atoms with van der Waals surface area (Å²) >= 11 is 0. The van der Waals surface area contributed by atoms with Gasteiger partial charge in [0.1, 0.15) is 0 Å². The van der Waals surface area contributed by atoms with Crippen LogP contribution >= 0.6 is 0 Å². The van der Waals surface area contributed by atoms with Crippen molar-refractivity contribution >= 4 is 25.7 Å². The van der Waals surface area contributed by atoms with Gasteiger partial charge in [0.25, 0.3) is 0 Å². The number of benzene rings is 2. The minimum atomic E-state index is -1.12. The summed E-state index contributed by atoms with van der Waals surface area (Å²) in [6.45, 7) is 2.16. The second-order valence-corrected chi connectivity index (χ2v) is 5.28. The Labute approximate surface area is 105 Å². The molecule has 0 amide bonds. The van der Waals surface area contributed by atoms with E-state index in [4.69, 9.17) is 0 Å². The van der Waals surface area contributed by atoms with Crippen molar-refractivity contribution in [1.82, 2.24) is 0 Å². The zero-order valence-corrected chi connectivity index (χ0v) is 11.6. The Balaban J connectivity index is 2.53. The quantitative estimate of drug-likeness (QED) is 0.817. The van der Waals surface area contributed by atoms with Crippen molar-refractivity contribution in [2.24, 2.45) is 0 Å². The number of rotatable bonds is 4. The second-order valence-electron chi connectivity index (χ2n) is 4.20. The lowest BCUT2D eigenvalue weighted by atomic mass is 10.0. The molecule has 2 heteroatoms. The Morgan fingerprint density at radius 2 is 1.94 bits per heavy atom. The van der Waals surface area contributed by atoms with Crippen LogP contribution in [0.3, 0.4) is 0 Å². The van der Waals surface area contributed by atoms with E-state index in [-0.39, 0.29) is 0 Å². The molecule has 0 saturated heterocycles. The zero-order chi connectivity index (χ0) is 12.1. The normalized spacial score (nSPS) is 12.7. The lowest BCUT2D eigenvalue weighted by Gasteiger charge is -2.08. The Morgan fingerprint density at radius 3 is 2.71 bits per heavy atom. The van der Waals surface area contributed by atoms with Gasteiger partial charge in [-0.05, 0) is 28.0 Å². The van der Waals surface area contributed by atoms with Gasteiger partial charge in [0, 0.05) is 0 Å². The molecule has 0 aliphatic carbocycles. The van der Waals surface area contributed by atoms with Crippen LogP contribution in [0.4, 0.5) is 0 Å². The number of fused-ring (bicyclic) bond motifs is 1. The molecule has 0 saturated carbocycles. The van der Waals surface area contributed by atoms with Crippen LogP contribution in [0.5, 0.6) is 0 Å². The molecule has 1 N–H and O–H groups in total. The van der Waals surface area contributed by atoms with E-state index >= 15 is 0 Å². The standard InChI is InChI=1S/C15H18OSi/c1-2-3-11-15(17-16)14-10-6-8-12-7-4-5-9-13(12)14/h4-11,16H,2-3,17H2,1H3. The van der Waals surface area contributed by atoms with E-state index in [9.17, 15) is 4.80 Å². The van der Waals surface area contributed by atoms with E-state index in [0.717, 1.165) is 12.8 Å². The van der Waals surface area contributed by atoms with Crippen molar-refractivity contribution in [3.63, 3.8) is 0 Å². The third-order valence-corrected chi connectivity index (χ3v) is 4.00. The van der Waals surface area contributed by atoms with E-state index in [0.29, 0.717) is 0 Å². The SMILES string of the molecule is CCCC=C([SiH2]O)c1cccc2ccccc12. The van der Waals surface area contributed by atoms with Gasteiger partial charge in [-0.25, -0.2) is 0 Å². The first kappa shape index (κ1) is 12.1. The third-order valence-electron chi connectivity index (χ3n) is 2.99. The number of allylic oxidation sites excluding steroid dienone is 1. The predicted octanol–water partition coefficient (Wildman–Crippen LogP) is 3.06. The van der Waals surface area contributed by atoms with Crippen molar-refractivity contribution in [1.29, 1.82) is 0 Å². The molecule has 0 atom stereocenters. The highest BCUT2D eigenvalue weighted by molar-refractivity contribution is 6.54. The van der Waals surface area contributed by atoms with E-state index in [2.05, 4.69) is 55.5 Å². The summed E-state index contributed by atoms with van der Waals surface area (Å²) in [5.74, 6) is 0. The maximum Gasteiger partial charge on any atom is 0.188 e. The second kappa shape index (κ2) is 5.80. The number of unbranched alkanes of at least 4 members (excludes halogenated alkanes) is 1. The van der Waals surface area contributed by atoms with Crippen molar-refractivity contribution in [2.75, 3.05) is 0 Å². The first-order valence-electron chi connectivity index (χ1n) is 6.15. The van der Waals surface area contributed by atoms with Gasteiger partial charge in [-0.3, -0.25) is 0 Å². The van der Waals surface area contributed by atoms with Crippen LogP contribution in [0.2, 0.25) is 0 Å². The summed E-state index contributed by atoms with van der Waals surface area (Å²) in [5.41, 5.74) is 1.21. The highest BCUT2D eigenvalue weighted by Crippen LogP contribution is 2.24. The van der Waals surface area contributed by atoms with Crippen LogP contribution in [-0.2, 0) is 0 Å². The van der Waals surface area contributed by atoms with Gasteiger partial charge in [-0.1, -0.05) is 61.9 Å². The molecule has 0 spiro atoms. The summed E-state index contributed by atoms with van der Waals surface area (Å²) < 4.78 is 0. The Morgan fingerprint density at radius 1 is 1.18 bits per heavy atom. The van der Waals surface area contributed by atoms with E-state index in [1.165, 1.54) is 21.5 Å². The van der Waals surface area contributed by atoms with Gasteiger partial charge < -0.3 is 4.80 Å². The molecular formula is C15H18OSi. The van der Waals surface area contributed by atoms with Crippen LogP contribution in [0.25, 0.3) is 16.0 Å². The van der Waals surface area contributed by atoms with Crippen LogP contribution < -0.4 is 0 Å². The largest absolute Gasteiger partial charge is 0.433 e. The highest BCUT2D eigenvalue weighted by Gasteiger charge is 2.04. The van der Waals surface area contributed by atoms with E-state index in [1.54, 1.807) is 0 Å². The molecule has 1 nitrogen and oxygen atoms in total. The van der Waals surface area contributed by atoms with Crippen LogP contribution in [0, 0.1) is 0 Å². The minimum Gasteiger partial charge on any atom is -0.433 e. The number of hydrogen-bond donors (Lipinski definition) is 1. The summed E-state index contributed by atoms with van der Waals surface area (Å²) in [5, 5.41) is 3.66. The van der Waals surface area contributed by atoms with Crippen molar-refractivity contribution in [2.45, 2.75) is 19.8 Å². The van der Waals surface area contributed by atoms with E-state index < -0.39 is 9.76 Å². The molecule has 0 fully saturated rings. The van der Waals surface area contributed by atoms with Crippen LogP contribution in [0.15, 0.2) is 48.5 Å². The molecule has 88 valence electrons. The summed E-state index contributed by atoms with van der Waals surface area (Å²) in [6, 6.07) is 14.7. The molecule has 0 aliphatic heterocycles. The van der Waals surface area contributed by atoms with Gasteiger partial charge in [0.05, 0.1) is 0 Å². The molecule has 0 heterocycles. The van der Waals surface area contributed by atoms with Crippen molar-refractivity contribution < 1.29 is 4.80 Å². The fraction of sp³-hybridized carbons (Fsp3) is 0.200. The Kier molecular flexibility index (Phi) is 4.12. The molecule has 0 aromatic heterocycles. The topological polar surface area (TPSA) is 20.2 Å². The molecule has 0 radical (unpaired) electrons. The first-order valence-corrected chi connectivity index (χ1v) is 7.48. The maximum atomic E-state index is 9.64. The molecule has 17 heavy (non-hydrogen) atoms. The summed E-state index contributed by atoms with van der Waals surface area (Å²) in [6.07, 6.45) is 4.38. The summed E-state index contributed by atoms with van der Waals surface area (Å²) in [4.78, 5) is 9.64. The monoisotopic (exact) mass is 242 g/mol. The molecule has 0 bridgehead atoms. The molecule has 2 rings (SSSR count). The first-order chi connectivity index (χ1) is 8.36. The number of hydrogen-bond acceptors (Lipinski definition) is 1. The lowest BCUT2D eigenvalue weighted by molar-refractivity contribution is 0.616. The van der Waals surface area contributed by atoms with Gasteiger partial charge in [0.2, 0.25) is 0 Å². The van der Waals surface area contributed by atoms with Crippen molar-refractivity contribution in [3.05, 3.63) is 54.1 Å². The molecule has 0 unspecified atom stereocenters. The molecule has 0 aliphatic rings. The molecule has 2 aromatic rings.